The van der Waals surface area contributed by atoms with Crippen LogP contribution in [0, 0.1) is 0 Å². The van der Waals surface area contributed by atoms with Crippen molar-refractivity contribution in [3.8, 4) is 55.6 Å². The molecule has 2 heteroatoms. The number of para-hydroxylation sites is 1. The van der Waals surface area contributed by atoms with Gasteiger partial charge in [-0.2, -0.15) is 0 Å². The number of hydrogen-bond donors (Lipinski definition) is 0. The Morgan fingerprint density at radius 2 is 0.683 bits per heavy atom. The molecule has 0 radical (unpaired) electrons. The Morgan fingerprint density at radius 3 is 1.18 bits per heavy atom. The second-order valence-electron chi connectivity index (χ2n) is 15.3. The fourth-order valence-corrected chi connectivity index (χ4v) is 8.73. The third-order valence-electron chi connectivity index (χ3n) is 11.6. The van der Waals surface area contributed by atoms with E-state index in [1.807, 2.05) is 0 Å². The van der Waals surface area contributed by atoms with Gasteiger partial charge in [-0.3, -0.25) is 0 Å². The van der Waals surface area contributed by atoms with Crippen molar-refractivity contribution >= 4 is 49.8 Å². The summed E-state index contributed by atoms with van der Waals surface area (Å²) in [7, 11) is 0. The van der Waals surface area contributed by atoms with E-state index in [2.05, 4.69) is 241 Å². The third kappa shape index (κ3) is 6.41. The van der Waals surface area contributed by atoms with E-state index in [-0.39, 0.29) is 0 Å². The molecule has 11 rings (SSSR count). The minimum Gasteiger partial charge on any atom is -0.454 e. The van der Waals surface area contributed by atoms with E-state index in [9.17, 15) is 0 Å². The first-order valence-corrected chi connectivity index (χ1v) is 20.5. The lowest BCUT2D eigenvalue weighted by atomic mass is 9.90. The Morgan fingerprint density at radius 1 is 0.283 bits per heavy atom. The molecule has 0 saturated carbocycles. The van der Waals surface area contributed by atoms with Crippen LogP contribution in [0.1, 0.15) is 0 Å². The van der Waals surface area contributed by atoms with Crippen LogP contribution in [0.3, 0.4) is 0 Å². The fourth-order valence-electron chi connectivity index (χ4n) is 8.73. The van der Waals surface area contributed by atoms with Gasteiger partial charge in [-0.25, -0.2) is 0 Å². The van der Waals surface area contributed by atoms with Gasteiger partial charge in [-0.15, -0.1) is 0 Å². The smallest absolute Gasteiger partial charge is 0.159 e. The van der Waals surface area contributed by atoms with Gasteiger partial charge in [-0.05, 0) is 121 Å². The third-order valence-corrected chi connectivity index (χ3v) is 11.6. The van der Waals surface area contributed by atoms with Gasteiger partial charge in [0.05, 0.1) is 5.69 Å². The van der Waals surface area contributed by atoms with Crippen LogP contribution in [0.5, 0.6) is 0 Å². The number of rotatable bonds is 8. The lowest BCUT2D eigenvalue weighted by Crippen LogP contribution is -2.10. The molecule has 60 heavy (non-hydrogen) atoms. The van der Waals surface area contributed by atoms with Crippen LogP contribution in [0.4, 0.5) is 17.1 Å². The van der Waals surface area contributed by atoms with Crippen LogP contribution in [-0.4, -0.2) is 0 Å². The van der Waals surface area contributed by atoms with E-state index in [1.54, 1.807) is 0 Å². The van der Waals surface area contributed by atoms with E-state index in [0.29, 0.717) is 0 Å². The second kappa shape index (κ2) is 15.1. The molecule has 1 heterocycles. The molecule has 0 bridgehead atoms. The van der Waals surface area contributed by atoms with Gasteiger partial charge < -0.3 is 9.32 Å². The molecule has 11 aromatic rings. The van der Waals surface area contributed by atoms with Gasteiger partial charge in [-0.1, -0.05) is 182 Å². The lowest BCUT2D eigenvalue weighted by Gasteiger charge is -2.26. The predicted octanol–water partition coefficient (Wildman–Crippen LogP) is 16.5. The van der Waals surface area contributed by atoms with Crippen LogP contribution in [0.15, 0.2) is 241 Å². The summed E-state index contributed by atoms with van der Waals surface area (Å²) in [6.07, 6.45) is 0. The molecule has 0 aliphatic rings. The van der Waals surface area contributed by atoms with Crippen LogP contribution >= 0.6 is 0 Å². The molecule has 282 valence electrons. The summed E-state index contributed by atoms with van der Waals surface area (Å²) >= 11 is 0. The molecular weight excluding hydrogens is 727 g/mol. The highest BCUT2D eigenvalue weighted by Crippen LogP contribution is 2.47. The largest absolute Gasteiger partial charge is 0.454 e. The molecular formula is C58H39NO. The molecule has 1 aromatic heterocycles. The van der Waals surface area contributed by atoms with Crippen molar-refractivity contribution in [1.82, 2.24) is 0 Å². The highest BCUT2D eigenvalue weighted by Gasteiger charge is 2.22. The molecule has 0 N–H and O–H groups in total. The highest BCUT2D eigenvalue weighted by molar-refractivity contribution is 6.23. The van der Waals surface area contributed by atoms with Crippen molar-refractivity contribution in [2.24, 2.45) is 0 Å². The Balaban J connectivity index is 1.11. The fraction of sp³-hybridized carbons (Fsp3) is 0. The normalized spacial score (nSPS) is 11.3. The Hall–Kier alpha value is -7.94. The first-order valence-electron chi connectivity index (χ1n) is 20.5. The Kier molecular flexibility index (Phi) is 8.87. The summed E-state index contributed by atoms with van der Waals surface area (Å²) in [4.78, 5) is 2.33. The molecule has 0 spiro atoms. The molecule has 10 aromatic carbocycles. The van der Waals surface area contributed by atoms with Gasteiger partial charge in [0, 0.05) is 22.1 Å². The van der Waals surface area contributed by atoms with E-state index >= 15 is 0 Å². The molecule has 2 nitrogen and oxygen atoms in total. The predicted molar refractivity (Wildman–Crippen MR) is 253 cm³/mol. The maximum atomic E-state index is 7.15. The van der Waals surface area contributed by atoms with Crippen LogP contribution < -0.4 is 4.90 Å². The van der Waals surface area contributed by atoms with E-state index in [1.165, 1.54) is 55.3 Å². The minimum atomic E-state index is 0.845. The van der Waals surface area contributed by atoms with Crippen molar-refractivity contribution in [3.05, 3.63) is 237 Å². The van der Waals surface area contributed by atoms with E-state index < -0.39 is 0 Å². The molecule has 0 atom stereocenters. The quantitative estimate of drug-likeness (QED) is 0.153. The average Bonchev–Trinajstić information content (AvgIpc) is 3.72. The maximum absolute atomic E-state index is 7.15. The summed E-state index contributed by atoms with van der Waals surface area (Å²) < 4.78 is 7.15. The summed E-state index contributed by atoms with van der Waals surface area (Å²) in [6.45, 7) is 0. The number of nitrogens with zero attached hydrogens (tertiary/aromatic N) is 1. The number of hydrogen-bond acceptors (Lipinski definition) is 2. The zero-order valence-corrected chi connectivity index (χ0v) is 32.9. The van der Waals surface area contributed by atoms with Gasteiger partial charge in [0.1, 0.15) is 5.58 Å². The van der Waals surface area contributed by atoms with Crippen LogP contribution in [0.2, 0.25) is 0 Å². The van der Waals surface area contributed by atoms with E-state index in [4.69, 9.17) is 4.42 Å². The molecule has 0 fully saturated rings. The monoisotopic (exact) mass is 765 g/mol. The molecule has 0 saturated heterocycles. The molecule has 0 aliphatic carbocycles. The standard InChI is InChI=1S/C58H39NO/c1-5-16-40(17-6-1)44-28-32-49(33-29-44)59(50-34-30-45(31-35-50)41-18-7-2-8-19-41)55-27-15-26-53-57-52-25-14-13-24-51(52)54(39-56(57)60-58(53)55)48-37-46(42-20-9-3-10-21-42)36-47(38-48)43-22-11-4-12-23-43/h1-39H. The zero-order valence-electron chi connectivity index (χ0n) is 32.9. The van der Waals surface area contributed by atoms with E-state index in [0.717, 1.165) is 50.1 Å². The first-order chi connectivity index (χ1) is 29.7. The number of furan rings is 1. The second-order valence-corrected chi connectivity index (χ2v) is 15.3. The van der Waals surface area contributed by atoms with Crippen molar-refractivity contribution in [2.45, 2.75) is 0 Å². The Bertz CT molecular complexity index is 3120. The number of anilines is 3. The summed E-state index contributed by atoms with van der Waals surface area (Å²) in [5.74, 6) is 0. The zero-order chi connectivity index (χ0) is 39.8. The molecule has 0 unspecified atom stereocenters. The minimum absolute atomic E-state index is 0.845. The van der Waals surface area contributed by atoms with Gasteiger partial charge >= 0.3 is 0 Å². The summed E-state index contributed by atoms with van der Waals surface area (Å²) in [5.41, 5.74) is 16.5. The highest BCUT2D eigenvalue weighted by atomic mass is 16.3. The first kappa shape index (κ1) is 35.2. The Labute approximate surface area is 349 Å². The topological polar surface area (TPSA) is 16.4 Å². The summed E-state index contributed by atoms with van der Waals surface area (Å²) in [6, 6.07) is 84.6. The lowest BCUT2D eigenvalue weighted by molar-refractivity contribution is 0.669. The molecule has 0 amide bonds. The SMILES string of the molecule is c1ccc(-c2ccc(N(c3ccc(-c4ccccc4)cc3)c3cccc4c3oc3cc(-c5cc(-c6ccccc6)cc(-c6ccccc6)c5)c5ccccc5c34)cc2)cc1. The van der Waals surface area contributed by atoms with Gasteiger partial charge in [0.15, 0.2) is 5.58 Å². The maximum Gasteiger partial charge on any atom is 0.159 e. The van der Waals surface area contributed by atoms with Crippen LogP contribution in [0.25, 0.3) is 88.3 Å². The summed E-state index contributed by atoms with van der Waals surface area (Å²) in [5, 5.41) is 4.55. The average molecular weight is 766 g/mol. The van der Waals surface area contributed by atoms with Crippen molar-refractivity contribution in [1.29, 1.82) is 0 Å². The van der Waals surface area contributed by atoms with Crippen LogP contribution in [-0.2, 0) is 0 Å². The molecule has 0 aliphatic heterocycles. The van der Waals surface area contributed by atoms with Crippen molar-refractivity contribution in [3.63, 3.8) is 0 Å². The van der Waals surface area contributed by atoms with Crippen molar-refractivity contribution < 1.29 is 4.42 Å². The van der Waals surface area contributed by atoms with Gasteiger partial charge in [0.25, 0.3) is 0 Å². The number of benzene rings is 10. The van der Waals surface area contributed by atoms with Crippen molar-refractivity contribution in [2.75, 3.05) is 4.90 Å². The number of fused-ring (bicyclic) bond motifs is 5. The van der Waals surface area contributed by atoms with Gasteiger partial charge in [0.2, 0.25) is 0 Å².